The molecule has 2 unspecified atom stereocenters. The Bertz CT molecular complexity index is 460. The number of H-pyrrole nitrogens is 1. The average molecular weight is 281 g/mol. The van der Waals surface area contributed by atoms with Crippen molar-refractivity contribution >= 4 is 11.8 Å². The lowest BCUT2D eigenvalue weighted by Gasteiger charge is -2.31. The number of rotatable bonds is 5. The number of nitrogens with one attached hydrogen (secondary N) is 2. The van der Waals surface area contributed by atoms with Gasteiger partial charge in [-0.25, -0.2) is 4.98 Å². The van der Waals surface area contributed by atoms with Crippen molar-refractivity contribution in [3.8, 4) is 0 Å². The number of aromatic amines is 1. The van der Waals surface area contributed by atoms with Crippen molar-refractivity contribution in [3.63, 3.8) is 0 Å². The summed E-state index contributed by atoms with van der Waals surface area (Å²) in [4.78, 5) is 18.7. The van der Waals surface area contributed by atoms with E-state index in [1.807, 2.05) is 6.92 Å². The van der Waals surface area contributed by atoms with Crippen molar-refractivity contribution < 1.29 is 0 Å². The number of nitrogens with zero attached hydrogens (tertiary/aromatic N) is 1. The van der Waals surface area contributed by atoms with Gasteiger partial charge in [0.1, 0.15) is 0 Å². The predicted octanol–water partition coefficient (Wildman–Crippen LogP) is 2.48. The molecular weight excluding hydrogens is 258 g/mol. The Labute approximate surface area is 118 Å². The highest BCUT2D eigenvalue weighted by Crippen LogP contribution is 2.31. The second-order valence-corrected chi connectivity index (χ2v) is 6.42. The number of hydrogen-bond acceptors (Lipinski definition) is 4. The zero-order valence-corrected chi connectivity index (χ0v) is 12.6. The van der Waals surface area contributed by atoms with E-state index in [0.717, 1.165) is 23.8 Å². The number of aromatic nitrogens is 2. The van der Waals surface area contributed by atoms with Crippen LogP contribution >= 0.6 is 11.8 Å². The van der Waals surface area contributed by atoms with Gasteiger partial charge < -0.3 is 10.3 Å². The molecule has 0 saturated heterocycles. The molecule has 1 aliphatic rings. The van der Waals surface area contributed by atoms with Crippen LogP contribution in [0.15, 0.2) is 16.0 Å². The smallest absolute Gasteiger partial charge is 0.251 e. The number of hydrogen-bond donors (Lipinski definition) is 2. The van der Waals surface area contributed by atoms with Crippen molar-refractivity contribution in [2.75, 3.05) is 6.54 Å². The number of thioether (sulfide) groups is 1. The first-order valence-electron chi connectivity index (χ1n) is 7.17. The second kappa shape index (κ2) is 7.10. The Morgan fingerprint density at radius 3 is 3.00 bits per heavy atom. The molecule has 0 aliphatic heterocycles. The summed E-state index contributed by atoms with van der Waals surface area (Å²) >= 11 is 1.72. The van der Waals surface area contributed by atoms with E-state index in [4.69, 9.17) is 0 Å². The van der Waals surface area contributed by atoms with Gasteiger partial charge in [-0.05, 0) is 32.7 Å². The summed E-state index contributed by atoms with van der Waals surface area (Å²) in [6, 6.07) is 2.09. The first-order valence-corrected chi connectivity index (χ1v) is 8.05. The van der Waals surface area contributed by atoms with Crippen LogP contribution in [-0.2, 0) is 0 Å². The van der Waals surface area contributed by atoms with Crippen LogP contribution in [0.3, 0.4) is 0 Å². The Morgan fingerprint density at radius 2 is 2.26 bits per heavy atom. The Kier molecular flexibility index (Phi) is 5.45. The molecule has 2 atom stereocenters. The molecule has 5 heteroatoms. The highest BCUT2D eigenvalue weighted by molar-refractivity contribution is 7.99. The molecule has 0 bridgehead atoms. The maximum atomic E-state index is 11.5. The van der Waals surface area contributed by atoms with Crippen molar-refractivity contribution in [1.82, 2.24) is 15.3 Å². The third-order valence-corrected chi connectivity index (χ3v) is 4.75. The van der Waals surface area contributed by atoms with Crippen LogP contribution in [0.1, 0.15) is 44.7 Å². The van der Waals surface area contributed by atoms with Crippen LogP contribution in [0.25, 0.3) is 0 Å². The minimum atomic E-state index is -0.0520. The van der Waals surface area contributed by atoms with E-state index in [-0.39, 0.29) is 5.56 Å². The largest absolute Gasteiger partial charge is 0.313 e. The molecule has 1 aliphatic carbocycles. The molecule has 1 aromatic heterocycles. The van der Waals surface area contributed by atoms with E-state index >= 15 is 0 Å². The molecule has 0 amide bonds. The fourth-order valence-electron chi connectivity index (χ4n) is 2.55. The summed E-state index contributed by atoms with van der Waals surface area (Å²) in [6.45, 7) is 5.13. The Hall–Kier alpha value is -0.810. The monoisotopic (exact) mass is 281 g/mol. The van der Waals surface area contributed by atoms with E-state index in [0.29, 0.717) is 11.3 Å². The molecule has 1 saturated carbocycles. The van der Waals surface area contributed by atoms with Gasteiger partial charge in [0.05, 0.1) is 0 Å². The van der Waals surface area contributed by atoms with Crippen molar-refractivity contribution in [2.24, 2.45) is 0 Å². The van der Waals surface area contributed by atoms with Gasteiger partial charge in [-0.15, -0.1) is 0 Å². The molecule has 19 heavy (non-hydrogen) atoms. The third-order valence-electron chi connectivity index (χ3n) is 3.47. The number of aryl methyl sites for hydroxylation is 1. The molecule has 4 nitrogen and oxygen atoms in total. The standard InChI is InChI=1S/C14H23N3OS/c1-3-8-15-11-6-4-5-7-12(11)19-14-16-10(2)9-13(18)17-14/h9,11-12,15H,3-8H2,1-2H3,(H,16,17,18). The lowest BCUT2D eigenvalue weighted by atomic mass is 9.95. The van der Waals surface area contributed by atoms with Gasteiger partial charge in [0.25, 0.3) is 5.56 Å². The maximum Gasteiger partial charge on any atom is 0.251 e. The topological polar surface area (TPSA) is 57.8 Å². The van der Waals surface area contributed by atoms with E-state index < -0.39 is 0 Å². The second-order valence-electron chi connectivity index (χ2n) is 5.19. The van der Waals surface area contributed by atoms with Crippen molar-refractivity contribution in [2.45, 2.75) is 62.4 Å². The van der Waals surface area contributed by atoms with Crippen molar-refractivity contribution in [3.05, 3.63) is 22.1 Å². The van der Waals surface area contributed by atoms with Gasteiger partial charge in [0.15, 0.2) is 5.16 Å². The minimum Gasteiger partial charge on any atom is -0.313 e. The third kappa shape index (κ3) is 4.35. The zero-order chi connectivity index (χ0) is 13.7. The Morgan fingerprint density at radius 1 is 1.47 bits per heavy atom. The first-order chi connectivity index (χ1) is 9.19. The van der Waals surface area contributed by atoms with Crippen LogP contribution in [0.5, 0.6) is 0 Å². The quantitative estimate of drug-likeness (QED) is 0.814. The summed E-state index contributed by atoms with van der Waals surface area (Å²) in [5, 5.41) is 4.91. The van der Waals surface area contributed by atoms with E-state index in [1.54, 1.807) is 11.8 Å². The molecule has 1 fully saturated rings. The van der Waals surface area contributed by atoms with Gasteiger partial charge in [-0.1, -0.05) is 31.5 Å². The summed E-state index contributed by atoms with van der Waals surface area (Å²) in [7, 11) is 0. The predicted molar refractivity (Wildman–Crippen MR) is 79.8 cm³/mol. The highest BCUT2D eigenvalue weighted by atomic mass is 32.2. The molecular formula is C14H23N3OS. The van der Waals surface area contributed by atoms with Gasteiger partial charge in [-0.3, -0.25) is 4.79 Å². The van der Waals surface area contributed by atoms with Crippen LogP contribution < -0.4 is 10.9 Å². The lowest BCUT2D eigenvalue weighted by molar-refractivity contribution is 0.384. The maximum absolute atomic E-state index is 11.5. The van der Waals surface area contributed by atoms with Gasteiger partial charge in [0.2, 0.25) is 0 Å². The zero-order valence-electron chi connectivity index (χ0n) is 11.7. The van der Waals surface area contributed by atoms with E-state index in [1.165, 1.54) is 31.7 Å². The van der Waals surface area contributed by atoms with Crippen LogP contribution in [-0.4, -0.2) is 27.8 Å². The fourth-order valence-corrected chi connectivity index (χ4v) is 3.88. The molecule has 0 spiro atoms. The minimum absolute atomic E-state index is 0.0520. The Balaban J connectivity index is 2.03. The van der Waals surface area contributed by atoms with Gasteiger partial charge in [0, 0.05) is 23.1 Å². The fraction of sp³-hybridized carbons (Fsp3) is 0.714. The summed E-state index contributed by atoms with van der Waals surface area (Å²) in [6.07, 6.45) is 6.17. The van der Waals surface area contributed by atoms with Crippen molar-refractivity contribution in [1.29, 1.82) is 0 Å². The molecule has 1 heterocycles. The van der Waals surface area contributed by atoms with Crippen LogP contribution in [0.2, 0.25) is 0 Å². The molecule has 0 aromatic carbocycles. The van der Waals surface area contributed by atoms with Crippen LogP contribution in [0, 0.1) is 6.92 Å². The summed E-state index contributed by atoms with van der Waals surface area (Å²) in [5.74, 6) is 0. The lowest BCUT2D eigenvalue weighted by Crippen LogP contribution is -2.41. The van der Waals surface area contributed by atoms with E-state index in [9.17, 15) is 4.79 Å². The normalized spacial score (nSPS) is 23.5. The van der Waals surface area contributed by atoms with Gasteiger partial charge in [-0.2, -0.15) is 0 Å². The summed E-state index contributed by atoms with van der Waals surface area (Å²) in [5.41, 5.74) is 0.740. The first kappa shape index (κ1) is 14.6. The molecule has 1 aromatic rings. The molecule has 2 rings (SSSR count). The average Bonchev–Trinajstić information content (AvgIpc) is 2.36. The molecule has 2 N–H and O–H groups in total. The van der Waals surface area contributed by atoms with Crippen LogP contribution in [0.4, 0.5) is 0 Å². The molecule has 106 valence electrons. The molecule has 0 radical (unpaired) electrons. The summed E-state index contributed by atoms with van der Waals surface area (Å²) < 4.78 is 0. The SMILES string of the molecule is CCCNC1CCCCC1Sc1nc(C)cc(=O)[nH]1. The highest BCUT2D eigenvalue weighted by Gasteiger charge is 2.26. The van der Waals surface area contributed by atoms with Gasteiger partial charge >= 0.3 is 0 Å². The van der Waals surface area contributed by atoms with E-state index in [2.05, 4.69) is 22.2 Å².